The van der Waals surface area contributed by atoms with Crippen molar-refractivity contribution in [1.29, 1.82) is 0 Å². The zero-order chi connectivity index (χ0) is 12.2. The lowest BCUT2D eigenvalue weighted by atomic mass is 9.89. The third-order valence-corrected chi connectivity index (χ3v) is 2.60. The van der Waals surface area contributed by atoms with Gasteiger partial charge in [-0.15, -0.1) is 0 Å². The Bertz CT molecular complexity index is 368. The van der Waals surface area contributed by atoms with E-state index in [1.54, 1.807) is 6.08 Å². The molecule has 0 N–H and O–H groups in total. The number of benzene rings is 1. The number of rotatable bonds is 3. The molecule has 0 fully saturated rings. The standard InChI is InChI=1S/C15H20O/c1-12(13-8-6-5-7-9-13)10-11-14(16)15(2,3)4/h5-12H,1-4H3/b11-10+/t12-/m0/s1. The Kier molecular flexibility index (Phi) is 4.05. The first-order valence-electron chi connectivity index (χ1n) is 5.69. The van der Waals surface area contributed by atoms with Gasteiger partial charge in [0.05, 0.1) is 0 Å². The minimum absolute atomic E-state index is 0.176. The van der Waals surface area contributed by atoms with E-state index < -0.39 is 0 Å². The maximum absolute atomic E-state index is 11.7. The predicted octanol–water partition coefficient (Wildman–Crippen LogP) is 3.96. The second kappa shape index (κ2) is 5.11. The van der Waals surface area contributed by atoms with Crippen LogP contribution in [0.3, 0.4) is 0 Å². The van der Waals surface area contributed by atoms with E-state index in [-0.39, 0.29) is 17.1 Å². The first-order chi connectivity index (χ1) is 7.41. The summed E-state index contributed by atoms with van der Waals surface area (Å²) in [5, 5.41) is 0. The lowest BCUT2D eigenvalue weighted by Gasteiger charge is -2.14. The van der Waals surface area contributed by atoms with Crippen LogP contribution in [0.15, 0.2) is 42.5 Å². The van der Waals surface area contributed by atoms with Gasteiger partial charge in [0.2, 0.25) is 0 Å². The Balaban J connectivity index is 2.69. The third-order valence-electron chi connectivity index (χ3n) is 2.60. The topological polar surface area (TPSA) is 17.1 Å². The summed E-state index contributed by atoms with van der Waals surface area (Å²) in [5.74, 6) is 0.461. The summed E-state index contributed by atoms with van der Waals surface area (Å²) in [6, 6.07) is 10.2. The molecule has 16 heavy (non-hydrogen) atoms. The molecular weight excluding hydrogens is 196 g/mol. The van der Waals surface area contributed by atoms with Gasteiger partial charge in [-0.3, -0.25) is 4.79 Å². The van der Waals surface area contributed by atoms with Gasteiger partial charge >= 0.3 is 0 Å². The third kappa shape index (κ3) is 3.65. The van der Waals surface area contributed by atoms with Crippen molar-refractivity contribution < 1.29 is 4.79 Å². The highest BCUT2D eigenvalue weighted by molar-refractivity contribution is 5.93. The van der Waals surface area contributed by atoms with Crippen LogP contribution in [0.25, 0.3) is 0 Å². The molecule has 0 amide bonds. The molecule has 0 radical (unpaired) electrons. The molecule has 0 aliphatic carbocycles. The van der Waals surface area contributed by atoms with E-state index in [0.29, 0.717) is 0 Å². The number of ketones is 1. The van der Waals surface area contributed by atoms with Crippen LogP contribution in [0.2, 0.25) is 0 Å². The quantitative estimate of drug-likeness (QED) is 0.699. The van der Waals surface area contributed by atoms with Crippen molar-refractivity contribution in [2.24, 2.45) is 5.41 Å². The second-order valence-electron chi connectivity index (χ2n) is 5.17. The van der Waals surface area contributed by atoms with E-state index in [4.69, 9.17) is 0 Å². The molecule has 1 aromatic rings. The molecule has 0 saturated heterocycles. The van der Waals surface area contributed by atoms with E-state index in [0.717, 1.165) is 0 Å². The van der Waals surface area contributed by atoms with Gasteiger partial charge in [0, 0.05) is 5.41 Å². The van der Waals surface area contributed by atoms with E-state index in [9.17, 15) is 4.79 Å². The summed E-state index contributed by atoms with van der Waals surface area (Å²) in [6.45, 7) is 7.91. The van der Waals surface area contributed by atoms with Crippen molar-refractivity contribution in [3.05, 3.63) is 48.0 Å². The van der Waals surface area contributed by atoms with Crippen molar-refractivity contribution in [2.75, 3.05) is 0 Å². The zero-order valence-corrected chi connectivity index (χ0v) is 10.5. The highest BCUT2D eigenvalue weighted by atomic mass is 16.1. The number of hydrogen-bond acceptors (Lipinski definition) is 1. The Morgan fingerprint density at radius 1 is 1.19 bits per heavy atom. The SMILES string of the molecule is C[C@@H](/C=C/C(=O)C(C)(C)C)c1ccccc1. The first-order valence-corrected chi connectivity index (χ1v) is 5.69. The summed E-state index contributed by atoms with van der Waals surface area (Å²) >= 11 is 0. The molecule has 0 aliphatic rings. The van der Waals surface area contributed by atoms with Gasteiger partial charge in [0.1, 0.15) is 0 Å². The van der Waals surface area contributed by atoms with Gasteiger partial charge in [-0.1, -0.05) is 64.1 Å². The lowest BCUT2D eigenvalue weighted by molar-refractivity contribution is -0.121. The molecule has 0 bridgehead atoms. The van der Waals surface area contributed by atoms with Crippen molar-refractivity contribution in [3.63, 3.8) is 0 Å². The minimum Gasteiger partial charge on any atom is -0.294 e. The summed E-state index contributed by atoms with van der Waals surface area (Å²) in [5.41, 5.74) is 0.952. The molecule has 1 atom stereocenters. The smallest absolute Gasteiger partial charge is 0.160 e. The molecule has 0 spiro atoms. The molecule has 1 rings (SSSR count). The van der Waals surface area contributed by atoms with Crippen LogP contribution >= 0.6 is 0 Å². The highest BCUT2D eigenvalue weighted by Gasteiger charge is 2.18. The molecule has 0 heterocycles. The molecule has 0 saturated carbocycles. The number of hydrogen-bond donors (Lipinski definition) is 0. The summed E-state index contributed by atoms with van der Waals surface area (Å²) in [7, 11) is 0. The highest BCUT2D eigenvalue weighted by Crippen LogP contribution is 2.19. The number of carbonyl (C=O) groups excluding carboxylic acids is 1. The molecule has 1 aromatic carbocycles. The maximum Gasteiger partial charge on any atom is 0.160 e. The first kappa shape index (κ1) is 12.7. The van der Waals surface area contributed by atoms with Crippen molar-refractivity contribution >= 4 is 5.78 Å². The lowest BCUT2D eigenvalue weighted by Crippen LogP contribution is -2.17. The summed E-state index contributed by atoms with van der Waals surface area (Å²) in [6.07, 6.45) is 3.68. The van der Waals surface area contributed by atoms with Crippen LogP contribution in [0.1, 0.15) is 39.2 Å². The fourth-order valence-electron chi connectivity index (χ4n) is 1.35. The Morgan fingerprint density at radius 2 is 1.75 bits per heavy atom. The summed E-state index contributed by atoms with van der Waals surface area (Å²) < 4.78 is 0. The normalized spacial score (nSPS) is 14.0. The molecule has 0 aromatic heterocycles. The van der Waals surface area contributed by atoms with Gasteiger partial charge < -0.3 is 0 Å². The zero-order valence-electron chi connectivity index (χ0n) is 10.5. The van der Waals surface area contributed by atoms with Gasteiger partial charge in [-0.2, -0.15) is 0 Å². The van der Waals surface area contributed by atoms with Crippen molar-refractivity contribution in [1.82, 2.24) is 0 Å². The van der Waals surface area contributed by atoms with Crippen molar-refractivity contribution in [3.8, 4) is 0 Å². The molecule has 1 heteroatoms. The molecular formula is C15H20O. The Labute approximate surface area is 98.2 Å². The molecule has 86 valence electrons. The Morgan fingerprint density at radius 3 is 2.25 bits per heavy atom. The molecule has 0 aliphatic heterocycles. The monoisotopic (exact) mass is 216 g/mol. The number of carbonyl (C=O) groups is 1. The van der Waals surface area contributed by atoms with E-state index >= 15 is 0 Å². The minimum atomic E-state index is -0.285. The van der Waals surface area contributed by atoms with Gasteiger partial charge in [0.25, 0.3) is 0 Å². The van der Waals surface area contributed by atoms with E-state index in [2.05, 4.69) is 19.1 Å². The Hall–Kier alpha value is -1.37. The van der Waals surface area contributed by atoms with Gasteiger partial charge in [-0.05, 0) is 17.6 Å². The molecule has 1 nitrogen and oxygen atoms in total. The summed E-state index contributed by atoms with van der Waals surface area (Å²) in [4.78, 5) is 11.7. The van der Waals surface area contributed by atoms with Crippen LogP contribution in [0, 0.1) is 5.41 Å². The van der Waals surface area contributed by atoms with Crippen LogP contribution in [-0.2, 0) is 4.79 Å². The van der Waals surface area contributed by atoms with Crippen LogP contribution in [-0.4, -0.2) is 5.78 Å². The average Bonchev–Trinajstić information content (AvgIpc) is 2.25. The second-order valence-corrected chi connectivity index (χ2v) is 5.17. The fourth-order valence-corrected chi connectivity index (χ4v) is 1.35. The van der Waals surface area contributed by atoms with Gasteiger partial charge in [0.15, 0.2) is 5.78 Å². The van der Waals surface area contributed by atoms with Crippen LogP contribution in [0.5, 0.6) is 0 Å². The largest absolute Gasteiger partial charge is 0.294 e. The number of allylic oxidation sites excluding steroid dienone is 2. The fraction of sp³-hybridized carbons (Fsp3) is 0.400. The van der Waals surface area contributed by atoms with Crippen LogP contribution < -0.4 is 0 Å². The van der Waals surface area contributed by atoms with Gasteiger partial charge in [-0.25, -0.2) is 0 Å². The van der Waals surface area contributed by atoms with Crippen LogP contribution in [0.4, 0.5) is 0 Å². The predicted molar refractivity (Wildman–Crippen MR) is 68.5 cm³/mol. The average molecular weight is 216 g/mol. The van der Waals surface area contributed by atoms with E-state index in [1.807, 2.05) is 45.0 Å². The van der Waals surface area contributed by atoms with E-state index in [1.165, 1.54) is 5.56 Å². The van der Waals surface area contributed by atoms with Crippen molar-refractivity contribution in [2.45, 2.75) is 33.6 Å². The molecule has 0 unspecified atom stereocenters. The maximum atomic E-state index is 11.7.